The smallest absolute Gasteiger partial charge is 0.337 e. The molecule has 0 atom stereocenters. The Morgan fingerprint density at radius 2 is 1.88 bits per heavy atom. The van der Waals surface area contributed by atoms with Crippen LogP contribution in [0.2, 0.25) is 5.02 Å². The number of carbonyl (C=O) groups is 1. The number of hydrogen-bond donors (Lipinski definition) is 1. The fraction of sp³-hybridized carbons (Fsp3) is 0. The van der Waals surface area contributed by atoms with E-state index in [1.165, 1.54) is 24.3 Å². The highest BCUT2D eigenvalue weighted by Crippen LogP contribution is 2.28. The lowest BCUT2D eigenvalue weighted by molar-refractivity contribution is 0.0697. The van der Waals surface area contributed by atoms with Crippen LogP contribution in [-0.4, -0.2) is 11.1 Å². The van der Waals surface area contributed by atoms with E-state index < -0.39 is 11.8 Å². The summed E-state index contributed by atoms with van der Waals surface area (Å²) in [5, 5.41) is 10.2. The molecule has 1 N–H and O–H groups in total. The summed E-state index contributed by atoms with van der Waals surface area (Å²) in [7, 11) is 0. The molecule has 0 unspecified atom stereocenters. The number of rotatable bonds is 1. The Morgan fingerprint density at radius 1 is 1.25 bits per heavy atom. The summed E-state index contributed by atoms with van der Waals surface area (Å²) >= 11 is 8.82. The lowest BCUT2D eigenvalue weighted by atomic mass is 10.1. The second-order valence-corrected chi connectivity index (χ2v) is 4.51. The van der Waals surface area contributed by atoms with Gasteiger partial charge in [0.1, 0.15) is 5.82 Å². The van der Waals surface area contributed by atoms with Gasteiger partial charge in [0.15, 0.2) is 0 Å². The average molecular weight is 304 g/mol. The second-order valence-electron chi connectivity index (χ2n) is 3.25. The summed E-state index contributed by atoms with van der Waals surface area (Å²) in [6.45, 7) is 0. The van der Waals surface area contributed by atoms with Crippen molar-refractivity contribution < 1.29 is 14.3 Å². The Bertz CT molecular complexity index is 598. The third-order valence-electron chi connectivity index (χ3n) is 2.20. The molecule has 16 heavy (non-hydrogen) atoms. The molecule has 2 aromatic carbocycles. The zero-order valence-corrected chi connectivity index (χ0v) is 10.1. The average Bonchev–Trinajstić information content (AvgIpc) is 2.19. The third-order valence-corrected chi connectivity index (χ3v) is 3.12. The minimum Gasteiger partial charge on any atom is -0.478 e. The van der Waals surface area contributed by atoms with Gasteiger partial charge >= 0.3 is 5.97 Å². The van der Waals surface area contributed by atoms with Gasteiger partial charge in [-0.15, -0.1) is 0 Å². The molecule has 2 rings (SSSR count). The topological polar surface area (TPSA) is 37.3 Å². The van der Waals surface area contributed by atoms with Crippen LogP contribution in [0.4, 0.5) is 4.39 Å². The SMILES string of the molecule is O=C(O)c1cc2cc(Br)c(F)cc2cc1Cl. The van der Waals surface area contributed by atoms with Gasteiger partial charge in [0.2, 0.25) is 0 Å². The molecule has 82 valence electrons. The molecule has 0 heterocycles. The lowest BCUT2D eigenvalue weighted by Gasteiger charge is -2.04. The first kappa shape index (κ1) is 11.4. The normalized spacial score (nSPS) is 10.7. The minimum absolute atomic E-state index is 0.00711. The van der Waals surface area contributed by atoms with Gasteiger partial charge in [0.25, 0.3) is 0 Å². The summed E-state index contributed by atoms with van der Waals surface area (Å²) in [6.07, 6.45) is 0. The van der Waals surface area contributed by atoms with Gasteiger partial charge < -0.3 is 5.11 Å². The van der Waals surface area contributed by atoms with Crippen molar-refractivity contribution in [3.05, 3.63) is 45.1 Å². The van der Waals surface area contributed by atoms with Crippen LogP contribution in [0.3, 0.4) is 0 Å². The predicted molar refractivity (Wildman–Crippen MR) is 63.6 cm³/mol. The van der Waals surface area contributed by atoms with E-state index in [2.05, 4.69) is 15.9 Å². The fourth-order valence-corrected chi connectivity index (χ4v) is 2.04. The Kier molecular flexibility index (Phi) is 2.86. The van der Waals surface area contributed by atoms with Crippen molar-refractivity contribution >= 4 is 44.3 Å². The summed E-state index contributed by atoms with van der Waals surface area (Å²) in [4.78, 5) is 10.8. The van der Waals surface area contributed by atoms with Crippen molar-refractivity contribution in [2.45, 2.75) is 0 Å². The molecule has 2 aromatic rings. The van der Waals surface area contributed by atoms with Gasteiger partial charge in [-0.2, -0.15) is 0 Å². The van der Waals surface area contributed by atoms with E-state index in [1.54, 1.807) is 0 Å². The largest absolute Gasteiger partial charge is 0.478 e. The van der Waals surface area contributed by atoms with Crippen LogP contribution in [0, 0.1) is 5.82 Å². The Morgan fingerprint density at radius 3 is 2.50 bits per heavy atom. The van der Waals surface area contributed by atoms with Crippen LogP contribution < -0.4 is 0 Å². The van der Waals surface area contributed by atoms with Gasteiger partial charge in [-0.25, -0.2) is 9.18 Å². The standard InChI is InChI=1S/C11H5BrClFO2/c12-8-2-5-1-7(11(15)16)9(13)3-6(5)4-10(8)14/h1-4H,(H,15,16). The number of carboxylic acids is 1. The maximum absolute atomic E-state index is 13.2. The molecule has 0 aromatic heterocycles. The summed E-state index contributed by atoms with van der Waals surface area (Å²) in [6, 6.07) is 5.68. The van der Waals surface area contributed by atoms with E-state index in [1.807, 2.05) is 0 Å². The molecule has 5 heteroatoms. The van der Waals surface area contributed by atoms with Gasteiger partial charge in [0, 0.05) is 0 Å². The fourth-order valence-electron chi connectivity index (χ4n) is 1.43. The van der Waals surface area contributed by atoms with Crippen molar-refractivity contribution in [3.63, 3.8) is 0 Å². The van der Waals surface area contributed by atoms with E-state index in [9.17, 15) is 9.18 Å². The molecule has 0 radical (unpaired) electrons. The van der Waals surface area contributed by atoms with Crippen molar-refractivity contribution in [1.29, 1.82) is 0 Å². The van der Waals surface area contributed by atoms with E-state index in [4.69, 9.17) is 16.7 Å². The minimum atomic E-state index is -1.10. The molecular weight excluding hydrogens is 298 g/mol. The van der Waals surface area contributed by atoms with Crippen molar-refractivity contribution in [1.82, 2.24) is 0 Å². The monoisotopic (exact) mass is 302 g/mol. The number of aromatic carboxylic acids is 1. The lowest BCUT2D eigenvalue weighted by Crippen LogP contribution is -1.97. The maximum atomic E-state index is 13.2. The van der Waals surface area contributed by atoms with Gasteiger partial charge in [-0.1, -0.05) is 11.6 Å². The first-order chi connectivity index (χ1) is 7.49. The zero-order chi connectivity index (χ0) is 11.9. The predicted octanol–water partition coefficient (Wildman–Crippen LogP) is 4.09. The van der Waals surface area contributed by atoms with Crippen molar-refractivity contribution in [2.24, 2.45) is 0 Å². The van der Waals surface area contributed by atoms with E-state index in [-0.39, 0.29) is 10.6 Å². The van der Waals surface area contributed by atoms with Crippen LogP contribution in [0.1, 0.15) is 10.4 Å². The van der Waals surface area contributed by atoms with E-state index in [0.29, 0.717) is 15.2 Å². The van der Waals surface area contributed by atoms with Crippen molar-refractivity contribution in [3.8, 4) is 0 Å². The van der Waals surface area contributed by atoms with E-state index >= 15 is 0 Å². The number of halogens is 3. The maximum Gasteiger partial charge on any atom is 0.337 e. The zero-order valence-electron chi connectivity index (χ0n) is 7.80. The van der Waals surface area contributed by atoms with Crippen LogP contribution in [-0.2, 0) is 0 Å². The summed E-state index contributed by atoms with van der Waals surface area (Å²) in [5.74, 6) is -1.51. The van der Waals surface area contributed by atoms with Gasteiger partial charge in [0.05, 0.1) is 15.1 Å². The highest BCUT2D eigenvalue weighted by molar-refractivity contribution is 9.10. The molecule has 0 aliphatic heterocycles. The van der Waals surface area contributed by atoms with Gasteiger partial charge in [-0.05, 0) is 51.0 Å². The second kappa shape index (κ2) is 4.03. The number of hydrogen-bond acceptors (Lipinski definition) is 1. The number of carboxylic acid groups (broad SMARTS) is 1. The van der Waals surface area contributed by atoms with Crippen LogP contribution in [0.15, 0.2) is 28.7 Å². The number of benzene rings is 2. The first-order valence-corrected chi connectivity index (χ1v) is 5.48. The molecule has 0 saturated carbocycles. The molecule has 0 aliphatic rings. The molecule has 0 aliphatic carbocycles. The van der Waals surface area contributed by atoms with Crippen LogP contribution >= 0.6 is 27.5 Å². The molecular formula is C11H5BrClFO2. The summed E-state index contributed by atoms with van der Waals surface area (Å²) in [5.41, 5.74) is 0.00711. The molecule has 0 saturated heterocycles. The van der Waals surface area contributed by atoms with Crippen molar-refractivity contribution in [2.75, 3.05) is 0 Å². The molecule has 0 amide bonds. The number of fused-ring (bicyclic) bond motifs is 1. The Hall–Kier alpha value is -1.13. The Labute approximate surface area is 104 Å². The highest BCUT2D eigenvalue weighted by atomic mass is 79.9. The van der Waals surface area contributed by atoms with Crippen LogP contribution in [0.5, 0.6) is 0 Å². The molecule has 0 spiro atoms. The summed E-state index contributed by atoms with van der Waals surface area (Å²) < 4.78 is 13.5. The van der Waals surface area contributed by atoms with Gasteiger partial charge in [-0.3, -0.25) is 0 Å². The van der Waals surface area contributed by atoms with E-state index in [0.717, 1.165) is 0 Å². The molecule has 2 nitrogen and oxygen atoms in total. The molecule has 0 bridgehead atoms. The Balaban J connectivity index is 2.79. The first-order valence-electron chi connectivity index (χ1n) is 4.30. The van der Waals surface area contributed by atoms with Crippen LogP contribution in [0.25, 0.3) is 10.8 Å². The quantitative estimate of drug-likeness (QED) is 0.861. The molecule has 0 fully saturated rings. The highest BCUT2D eigenvalue weighted by Gasteiger charge is 2.11. The third kappa shape index (κ3) is 1.90.